The molecule has 2 atom stereocenters. The Bertz CT molecular complexity index is 1730. The average molecular weight is 740 g/mol. The quantitative estimate of drug-likeness (QED) is 0.116. The number of fused-ring (bicyclic) bond motifs is 1. The maximum absolute atomic E-state index is 14.4. The molecule has 0 spiro atoms. The lowest BCUT2D eigenvalue weighted by Gasteiger charge is -2.37. The van der Waals surface area contributed by atoms with E-state index in [0.29, 0.717) is 22.7 Å². The van der Waals surface area contributed by atoms with Gasteiger partial charge in [0.15, 0.2) is 22.5 Å². The van der Waals surface area contributed by atoms with E-state index < -0.39 is 51.8 Å². The lowest BCUT2D eigenvalue weighted by molar-refractivity contribution is -0.147. The summed E-state index contributed by atoms with van der Waals surface area (Å²) >= 11 is 1.38. The predicted octanol–water partition coefficient (Wildman–Crippen LogP) is 5.89. The van der Waals surface area contributed by atoms with Crippen LogP contribution in [0.4, 0.5) is 11.4 Å². The fourth-order valence-corrected chi connectivity index (χ4v) is 9.09. The maximum Gasteiger partial charge on any atom is 0.332 e. The first-order chi connectivity index (χ1) is 24.4. The Balaban J connectivity index is 1.63. The van der Waals surface area contributed by atoms with Crippen LogP contribution in [0.2, 0.25) is 0 Å². The summed E-state index contributed by atoms with van der Waals surface area (Å²) in [4.78, 5) is 40.3. The number of benzene rings is 3. The fourth-order valence-electron chi connectivity index (χ4n) is 6.43. The predicted molar refractivity (Wildman–Crippen MR) is 199 cm³/mol. The smallest absolute Gasteiger partial charge is 0.332 e. The van der Waals surface area contributed by atoms with Gasteiger partial charge in [0.25, 0.3) is 5.91 Å². The molecule has 0 aliphatic carbocycles. The van der Waals surface area contributed by atoms with Crippen molar-refractivity contribution in [3.63, 3.8) is 0 Å². The minimum absolute atomic E-state index is 0.00618. The number of nitrogens with one attached hydrogen (secondary N) is 2. The van der Waals surface area contributed by atoms with Crippen molar-refractivity contribution in [2.24, 2.45) is 5.41 Å². The van der Waals surface area contributed by atoms with Gasteiger partial charge in [-0.3, -0.25) is 9.59 Å². The molecule has 0 fully saturated rings. The molecule has 3 aromatic carbocycles. The van der Waals surface area contributed by atoms with Gasteiger partial charge in [0.05, 0.1) is 21.2 Å². The fraction of sp³-hybridized carbons (Fsp3) is 0.447. The van der Waals surface area contributed by atoms with Crippen molar-refractivity contribution >= 4 is 50.8 Å². The molecule has 0 saturated heterocycles. The minimum Gasteiger partial charge on any atom is -0.483 e. The van der Waals surface area contributed by atoms with Crippen LogP contribution in [0.25, 0.3) is 0 Å². The lowest BCUT2D eigenvalue weighted by atomic mass is 9.79. The number of carbonyl (C=O) groups excluding carboxylic acids is 2. The van der Waals surface area contributed by atoms with E-state index in [4.69, 9.17) is 9.84 Å². The topological polar surface area (TPSA) is 162 Å². The van der Waals surface area contributed by atoms with Gasteiger partial charge in [-0.1, -0.05) is 88.1 Å². The number of aliphatic carboxylic acids is 1. The van der Waals surface area contributed by atoms with Gasteiger partial charge in [-0.05, 0) is 42.9 Å². The van der Waals surface area contributed by atoms with Crippen LogP contribution in [0.5, 0.6) is 5.75 Å². The summed E-state index contributed by atoms with van der Waals surface area (Å²) in [6.07, 6.45) is 5.35. The summed E-state index contributed by atoms with van der Waals surface area (Å²) in [6.45, 7) is 4.17. The summed E-state index contributed by atoms with van der Waals surface area (Å²) in [5, 5.41) is 23.8. The number of nitrogens with zero attached hydrogens (tertiary/aromatic N) is 1. The average Bonchev–Trinajstić information content (AvgIpc) is 3.22. The molecular formula is C38H49N3O8S2. The van der Waals surface area contributed by atoms with Crippen molar-refractivity contribution in [3.05, 3.63) is 78.4 Å². The number of anilines is 2. The third kappa shape index (κ3) is 10.5. The van der Waals surface area contributed by atoms with E-state index in [1.165, 1.54) is 17.8 Å². The monoisotopic (exact) mass is 739 g/mol. The van der Waals surface area contributed by atoms with Gasteiger partial charge in [0.1, 0.15) is 11.8 Å². The van der Waals surface area contributed by atoms with Crippen LogP contribution in [-0.2, 0) is 24.2 Å². The second-order valence-corrected chi connectivity index (χ2v) is 15.8. The number of aliphatic hydroxyl groups is 1. The Kier molecular flexibility index (Phi) is 14.4. The van der Waals surface area contributed by atoms with Crippen LogP contribution in [0, 0.1) is 5.41 Å². The first kappa shape index (κ1) is 39.7. The highest BCUT2D eigenvalue weighted by Crippen LogP contribution is 2.47. The molecule has 0 radical (unpaired) electrons. The number of hydrogen-bond acceptors (Lipinski definition) is 9. The second kappa shape index (κ2) is 18.4. The summed E-state index contributed by atoms with van der Waals surface area (Å²) in [5.41, 5.74) is 1.50. The van der Waals surface area contributed by atoms with Gasteiger partial charge in [0.2, 0.25) is 5.91 Å². The standard InChI is InChI=1S/C38H49N3O8S2/c1-4-6-19-38(20-7-5-2)25-41(28-16-12-9-13-17-28)29-22-32(50-3)31(23-33(29)51(47,48)26-38)49-24-34(43)40-35(27-14-10-8-11-15-27)36(44)39-21-18-30(42)37(45)46/h8-17,22-23,30,35,42H,4-7,18-21,24-26H2,1-3H3,(H,39,44)(H,40,43)(H,45,46). The Morgan fingerprint density at radius 3 is 2.20 bits per heavy atom. The number of unbranched alkanes of at least 4 members (excludes halogenated alkanes) is 2. The number of amides is 2. The SMILES string of the molecule is CCCCC1(CCCC)CN(c2ccccc2)c2cc(SC)c(OCC(=O)NC(C(=O)NCCC(O)C(=O)O)c3ccccc3)cc2S(=O)(=O)C1. The molecule has 4 N–H and O–H groups in total. The molecule has 1 heterocycles. The van der Waals surface area contributed by atoms with Gasteiger partial charge in [-0.2, -0.15) is 0 Å². The Hall–Kier alpha value is -4.07. The molecule has 2 amide bonds. The number of para-hydroxylation sites is 1. The number of aliphatic hydroxyl groups excluding tert-OH is 1. The highest BCUT2D eigenvalue weighted by molar-refractivity contribution is 7.98. The number of sulfone groups is 1. The van der Waals surface area contributed by atoms with Gasteiger partial charge in [-0.25, -0.2) is 13.2 Å². The Labute approximate surface area is 305 Å². The zero-order valence-corrected chi connectivity index (χ0v) is 31.1. The van der Waals surface area contributed by atoms with Gasteiger partial charge >= 0.3 is 5.97 Å². The molecule has 11 nitrogen and oxygen atoms in total. The minimum atomic E-state index is -3.80. The Morgan fingerprint density at radius 1 is 0.980 bits per heavy atom. The van der Waals surface area contributed by atoms with E-state index >= 15 is 0 Å². The zero-order chi connectivity index (χ0) is 37.0. The number of ether oxygens (including phenoxy) is 1. The van der Waals surface area contributed by atoms with Gasteiger partial charge < -0.3 is 30.5 Å². The molecule has 2 unspecified atom stereocenters. The van der Waals surface area contributed by atoms with Crippen LogP contribution < -0.4 is 20.3 Å². The largest absolute Gasteiger partial charge is 0.483 e. The first-order valence-electron chi connectivity index (χ1n) is 17.4. The van der Waals surface area contributed by atoms with Crippen molar-refractivity contribution in [3.8, 4) is 5.75 Å². The van der Waals surface area contributed by atoms with Crippen LogP contribution in [0.1, 0.15) is 70.4 Å². The molecule has 276 valence electrons. The van der Waals surface area contributed by atoms with E-state index in [-0.39, 0.29) is 29.4 Å². The van der Waals surface area contributed by atoms with E-state index in [0.717, 1.165) is 44.2 Å². The van der Waals surface area contributed by atoms with Crippen molar-refractivity contribution in [2.75, 3.05) is 36.6 Å². The summed E-state index contributed by atoms with van der Waals surface area (Å²) in [6, 6.07) is 20.6. The summed E-state index contributed by atoms with van der Waals surface area (Å²) in [5.74, 6) is -2.37. The number of hydrogen-bond donors (Lipinski definition) is 4. The Morgan fingerprint density at radius 2 is 1.61 bits per heavy atom. The summed E-state index contributed by atoms with van der Waals surface area (Å²) < 4.78 is 34.8. The molecule has 0 aromatic heterocycles. The maximum atomic E-state index is 14.4. The number of carboxylic acid groups (broad SMARTS) is 1. The van der Waals surface area contributed by atoms with E-state index in [9.17, 15) is 27.9 Å². The highest BCUT2D eigenvalue weighted by Gasteiger charge is 2.42. The van der Waals surface area contributed by atoms with Crippen LogP contribution in [0.3, 0.4) is 0 Å². The van der Waals surface area contributed by atoms with Crippen molar-refractivity contribution in [1.82, 2.24) is 10.6 Å². The molecule has 4 rings (SSSR count). The molecule has 1 aliphatic rings. The molecule has 51 heavy (non-hydrogen) atoms. The molecule has 13 heteroatoms. The van der Waals surface area contributed by atoms with E-state index in [1.807, 2.05) is 42.7 Å². The number of rotatable bonds is 18. The molecule has 1 aliphatic heterocycles. The van der Waals surface area contributed by atoms with Gasteiger partial charge in [-0.15, -0.1) is 11.8 Å². The number of carboxylic acids is 1. The first-order valence-corrected chi connectivity index (χ1v) is 20.2. The van der Waals surface area contributed by atoms with Crippen molar-refractivity contribution in [2.45, 2.75) is 80.7 Å². The second-order valence-electron chi connectivity index (χ2n) is 13.0. The van der Waals surface area contributed by atoms with Crippen LogP contribution >= 0.6 is 11.8 Å². The van der Waals surface area contributed by atoms with E-state index in [1.54, 1.807) is 30.3 Å². The van der Waals surface area contributed by atoms with Crippen LogP contribution in [0.15, 0.2) is 82.6 Å². The third-order valence-electron chi connectivity index (χ3n) is 9.11. The van der Waals surface area contributed by atoms with E-state index in [2.05, 4.69) is 29.4 Å². The van der Waals surface area contributed by atoms with Crippen molar-refractivity contribution in [1.29, 1.82) is 0 Å². The zero-order valence-electron chi connectivity index (χ0n) is 29.5. The number of thioether (sulfide) groups is 1. The summed E-state index contributed by atoms with van der Waals surface area (Å²) in [7, 11) is -3.80. The normalized spacial score (nSPS) is 15.9. The molecule has 3 aromatic rings. The molecule has 0 saturated carbocycles. The molecule has 0 bridgehead atoms. The molecular weight excluding hydrogens is 691 g/mol. The van der Waals surface area contributed by atoms with Crippen molar-refractivity contribution < 1.29 is 37.8 Å². The highest BCUT2D eigenvalue weighted by atomic mass is 32.2. The van der Waals surface area contributed by atoms with Crippen LogP contribution in [-0.4, -0.2) is 74.2 Å². The van der Waals surface area contributed by atoms with Gasteiger partial charge in [0, 0.05) is 36.7 Å². The number of carbonyl (C=O) groups is 3. The lowest BCUT2D eigenvalue weighted by Crippen LogP contribution is -2.43. The third-order valence-corrected chi connectivity index (χ3v) is 11.9.